The standard InChI is InChI=1S/C27H30N6O2/c1-27(17-34)9-5-23-21(27)13-19(16-30-23)22-6-10-29-26(31-22)32-24-4-3-20(14-25(24)35-2)33-11-7-18(15-28)8-12-33/h3-4,6,10,13-14,16,18,34H,5,7-9,11-12,17H2,1-2H3,(H,29,31,32). The van der Waals surface area contributed by atoms with Crippen LogP contribution in [0.3, 0.4) is 0 Å². The summed E-state index contributed by atoms with van der Waals surface area (Å²) in [5, 5.41) is 22.4. The van der Waals surface area contributed by atoms with Crippen LogP contribution in [-0.2, 0) is 11.8 Å². The quantitative estimate of drug-likeness (QED) is 0.551. The van der Waals surface area contributed by atoms with E-state index in [1.807, 2.05) is 24.4 Å². The van der Waals surface area contributed by atoms with Gasteiger partial charge in [-0.25, -0.2) is 9.97 Å². The predicted octanol–water partition coefficient (Wildman–Crippen LogP) is 4.23. The SMILES string of the molecule is COc1cc(N2CCC(C#N)CC2)ccc1Nc1nccc(-c2cnc3c(c2)C(C)(CO)CC3)n1. The zero-order valence-electron chi connectivity index (χ0n) is 20.2. The van der Waals surface area contributed by atoms with E-state index in [0.29, 0.717) is 11.7 Å². The molecule has 0 radical (unpaired) electrons. The molecule has 3 aromatic rings. The molecule has 1 unspecified atom stereocenters. The lowest BCUT2D eigenvalue weighted by atomic mass is 9.85. The van der Waals surface area contributed by atoms with Gasteiger partial charge in [-0.05, 0) is 55.5 Å². The summed E-state index contributed by atoms with van der Waals surface area (Å²) < 4.78 is 5.66. The third-order valence-electron chi connectivity index (χ3n) is 7.31. The van der Waals surface area contributed by atoms with Crippen LogP contribution < -0.4 is 15.0 Å². The van der Waals surface area contributed by atoms with Crippen molar-refractivity contribution >= 4 is 17.3 Å². The van der Waals surface area contributed by atoms with Gasteiger partial charge in [-0.2, -0.15) is 5.26 Å². The van der Waals surface area contributed by atoms with E-state index in [1.54, 1.807) is 13.3 Å². The van der Waals surface area contributed by atoms with E-state index >= 15 is 0 Å². The third kappa shape index (κ3) is 4.52. The first-order chi connectivity index (χ1) is 17.0. The molecular weight excluding hydrogens is 440 g/mol. The molecule has 1 aliphatic heterocycles. The fourth-order valence-corrected chi connectivity index (χ4v) is 4.99. The Hall–Kier alpha value is -3.70. The molecule has 2 aromatic heterocycles. The lowest BCUT2D eigenvalue weighted by Crippen LogP contribution is -2.33. The highest BCUT2D eigenvalue weighted by Gasteiger charge is 2.35. The Balaban J connectivity index is 1.37. The third-order valence-corrected chi connectivity index (χ3v) is 7.31. The molecule has 35 heavy (non-hydrogen) atoms. The Morgan fingerprint density at radius 3 is 2.80 bits per heavy atom. The van der Waals surface area contributed by atoms with Gasteiger partial charge < -0.3 is 20.1 Å². The number of benzene rings is 1. The number of pyridine rings is 1. The number of fused-ring (bicyclic) bond motifs is 1. The first-order valence-electron chi connectivity index (χ1n) is 12.1. The molecule has 0 saturated carbocycles. The number of anilines is 3. The Labute approximate surface area is 205 Å². The number of ether oxygens (including phenoxy) is 1. The zero-order valence-corrected chi connectivity index (χ0v) is 20.2. The number of rotatable bonds is 6. The highest BCUT2D eigenvalue weighted by atomic mass is 16.5. The minimum absolute atomic E-state index is 0.105. The maximum absolute atomic E-state index is 9.93. The molecule has 1 aromatic carbocycles. The van der Waals surface area contributed by atoms with Crippen LogP contribution in [0.1, 0.15) is 37.4 Å². The lowest BCUT2D eigenvalue weighted by molar-refractivity contribution is 0.206. The molecular formula is C27H30N6O2. The van der Waals surface area contributed by atoms with Crippen molar-refractivity contribution in [1.29, 1.82) is 5.26 Å². The number of methoxy groups -OCH3 is 1. The molecule has 0 amide bonds. The Morgan fingerprint density at radius 2 is 2.06 bits per heavy atom. The second-order valence-corrected chi connectivity index (χ2v) is 9.60. The minimum atomic E-state index is -0.258. The fourth-order valence-electron chi connectivity index (χ4n) is 4.99. The van der Waals surface area contributed by atoms with Crippen molar-refractivity contribution in [3.05, 3.63) is 54.0 Å². The van der Waals surface area contributed by atoms with Crippen molar-refractivity contribution in [2.24, 2.45) is 5.92 Å². The van der Waals surface area contributed by atoms with Gasteiger partial charge in [0.25, 0.3) is 0 Å². The van der Waals surface area contributed by atoms with Crippen LogP contribution in [0.2, 0.25) is 0 Å². The number of hydrogen-bond donors (Lipinski definition) is 2. The maximum atomic E-state index is 9.93. The number of nitrogens with one attached hydrogen (secondary N) is 1. The molecule has 0 bridgehead atoms. The summed E-state index contributed by atoms with van der Waals surface area (Å²) in [5.41, 5.74) is 5.42. The second kappa shape index (κ2) is 9.51. The van der Waals surface area contributed by atoms with E-state index in [2.05, 4.69) is 45.3 Å². The van der Waals surface area contributed by atoms with Crippen LogP contribution in [0, 0.1) is 17.2 Å². The number of aromatic nitrogens is 3. The second-order valence-electron chi connectivity index (χ2n) is 9.60. The summed E-state index contributed by atoms with van der Waals surface area (Å²) >= 11 is 0. The first kappa shape index (κ1) is 23.1. The number of nitriles is 1. The van der Waals surface area contributed by atoms with Gasteiger partial charge >= 0.3 is 0 Å². The van der Waals surface area contributed by atoms with Crippen LogP contribution in [-0.4, -0.2) is 46.9 Å². The highest BCUT2D eigenvalue weighted by Crippen LogP contribution is 2.39. The summed E-state index contributed by atoms with van der Waals surface area (Å²) in [6, 6.07) is 12.4. The number of piperidine rings is 1. The highest BCUT2D eigenvalue weighted by molar-refractivity contribution is 5.69. The van der Waals surface area contributed by atoms with E-state index in [9.17, 15) is 5.11 Å². The van der Waals surface area contributed by atoms with Crippen LogP contribution in [0.15, 0.2) is 42.7 Å². The lowest BCUT2D eigenvalue weighted by Gasteiger charge is -2.31. The molecule has 1 saturated heterocycles. The van der Waals surface area contributed by atoms with E-state index in [4.69, 9.17) is 15.0 Å². The van der Waals surface area contributed by atoms with E-state index < -0.39 is 0 Å². The number of nitrogens with zero attached hydrogens (tertiary/aromatic N) is 5. The smallest absolute Gasteiger partial charge is 0.227 e. The molecule has 0 spiro atoms. The van der Waals surface area contributed by atoms with Gasteiger partial charge in [0.2, 0.25) is 5.95 Å². The molecule has 1 fully saturated rings. The summed E-state index contributed by atoms with van der Waals surface area (Å²) in [5.74, 6) is 1.32. The van der Waals surface area contributed by atoms with E-state index in [-0.39, 0.29) is 17.9 Å². The normalized spacial score (nSPS) is 19.8. The van der Waals surface area contributed by atoms with E-state index in [0.717, 1.165) is 72.7 Å². The number of aryl methyl sites for hydroxylation is 1. The van der Waals surface area contributed by atoms with Crippen molar-refractivity contribution < 1.29 is 9.84 Å². The van der Waals surface area contributed by atoms with Gasteiger partial charge in [0.1, 0.15) is 5.75 Å². The van der Waals surface area contributed by atoms with E-state index in [1.165, 1.54) is 0 Å². The zero-order chi connectivity index (χ0) is 24.4. The van der Waals surface area contributed by atoms with Crippen molar-refractivity contribution in [2.45, 2.75) is 38.0 Å². The van der Waals surface area contributed by atoms with Gasteiger partial charge in [-0.1, -0.05) is 6.92 Å². The van der Waals surface area contributed by atoms with Crippen molar-refractivity contribution in [3.8, 4) is 23.1 Å². The monoisotopic (exact) mass is 470 g/mol. The van der Waals surface area contributed by atoms with Gasteiger partial charge in [-0.3, -0.25) is 4.98 Å². The maximum Gasteiger partial charge on any atom is 0.227 e. The fraction of sp³-hybridized carbons (Fsp3) is 0.407. The minimum Gasteiger partial charge on any atom is -0.494 e. The van der Waals surface area contributed by atoms with Gasteiger partial charge in [0.05, 0.1) is 31.2 Å². The summed E-state index contributed by atoms with van der Waals surface area (Å²) in [7, 11) is 1.65. The molecule has 1 aliphatic carbocycles. The Kier molecular flexibility index (Phi) is 6.27. The molecule has 1 atom stereocenters. The average molecular weight is 471 g/mol. The molecule has 180 valence electrons. The van der Waals surface area contributed by atoms with Gasteiger partial charge in [-0.15, -0.1) is 0 Å². The topological polar surface area (TPSA) is 107 Å². The first-order valence-corrected chi connectivity index (χ1v) is 12.1. The summed E-state index contributed by atoms with van der Waals surface area (Å²) in [6.45, 7) is 3.92. The molecule has 2 aliphatic rings. The van der Waals surface area contributed by atoms with Crippen molar-refractivity contribution in [1.82, 2.24) is 15.0 Å². The number of hydrogen-bond acceptors (Lipinski definition) is 8. The molecule has 2 N–H and O–H groups in total. The molecule has 8 heteroatoms. The van der Waals surface area contributed by atoms with Crippen molar-refractivity contribution in [2.75, 3.05) is 37.0 Å². The Morgan fingerprint density at radius 1 is 1.23 bits per heavy atom. The van der Waals surface area contributed by atoms with Crippen LogP contribution >= 0.6 is 0 Å². The Bertz CT molecular complexity index is 1260. The summed E-state index contributed by atoms with van der Waals surface area (Å²) in [4.78, 5) is 16.1. The molecule has 5 rings (SSSR count). The number of aliphatic hydroxyl groups excluding tert-OH is 1. The molecule has 3 heterocycles. The van der Waals surface area contributed by atoms with Crippen molar-refractivity contribution in [3.63, 3.8) is 0 Å². The van der Waals surface area contributed by atoms with Gasteiger partial charge in [0.15, 0.2) is 0 Å². The van der Waals surface area contributed by atoms with Crippen LogP contribution in [0.5, 0.6) is 5.75 Å². The number of aliphatic hydroxyl groups is 1. The largest absolute Gasteiger partial charge is 0.494 e. The summed E-state index contributed by atoms with van der Waals surface area (Å²) in [6.07, 6.45) is 7.12. The predicted molar refractivity (Wildman–Crippen MR) is 135 cm³/mol. The van der Waals surface area contributed by atoms with Crippen LogP contribution in [0.4, 0.5) is 17.3 Å². The van der Waals surface area contributed by atoms with Crippen LogP contribution in [0.25, 0.3) is 11.3 Å². The average Bonchev–Trinajstić information content (AvgIpc) is 3.25. The molecule has 8 nitrogen and oxygen atoms in total. The van der Waals surface area contributed by atoms with Gasteiger partial charge in [0, 0.05) is 59.8 Å².